The van der Waals surface area contributed by atoms with E-state index in [0.717, 1.165) is 22.3 Å². The summed E-state index contributed by atoms with van der Waals surface area (Å²) in [4.78, 5) is 2.25. The summed E-state index contributed by atoms with van der Waals surface area (Å²) in [7, 11) is 2.11. The fourth-order valence-electron chi connectivity index (χ4n) is 1.33. The molecule has 0 unspecified atom stereocenters. The summed E-state index contributed by atoms with van der Waals surface area (Å²) >= 11 is 5.36. The Kier molecular flexibility index (Phi) is 5.50. The van der Waals surface area contributed by atoms with Crippen LogP contribution in [0.25, 0.3) is 0 Å². The third-order valence-corrected chi connectivity index (χ3v) is 3.30. The van der Waals surface area contributed by atoms with Gasteiger partial charge in [0.1, 0.15) is 0 Å². The van der Waals surface area contributed by atoms with E-state index >= 15 is 0 Å². The van der Waals surface area contributed by atoms with Crippen LogP contribution in [0.1, 0.15) is 5.56 Å². The van der Waals surface area contributed by atoms with E-state index in [1.807, 2.05) is 11.8 Å². The number of thioether (sulfide) groups is 1. The van der Waals surface area contributed by atoms with Crippen molar-refractivity contribution in [1.82, 2.24) is 0 Å². The molecule has 0 heterocycles. The Morgan fingerprint density at radius 2 is 2.13 bits per heavy atom. The number of hydrogen-bond donors (Lipinski definition) is 1. The minimum atomic E-state index is 0.586. The average molecular weight is 289 g/mol. The maximum absolute atomic E-state index is 5.64. The van der Waals surface area contributed by atoms with E-state index < -0.39 is 0 Å². The van der Waals surface area contributed by atoms with Crippen molar-refractivity contribution in [2.75, 3.05) is 30.5 Å². The zero-order valence-electron chi connectivity index (χ0n) is 9.16. The Balaban J connectivity index is 2.78. The van der Waals surface area contributed by atoms with Gasteiger partial charge >= 0.3 is 0 Å². The third kappa shape index (κ3) is 4.05. The fourth-order valence-corrected chi connectivity index (χ4v) is 2.31. The highest BCUT2D eigenvalue weighted by Crippen LogP contribution is 2.22. The van der Waals surface area contributed by atoms with Crippen LogP contribution in [0, 0.1) is 0 Å². The normalized spacial score (nSPS) is 10.4. The van der Waals surface area contributed by atoms with Gasteiger partial charge in [0, 0.05) is 36.1 Å². The first-order valence-corrected chi connectivity index (χ1v) is 7.05. The maximum Gasteiger partial charge on any atom is 0.0378 e. The molecule has 4 heteroatoms. The van der Waals surface area contributed by atoms with Crippen LogP contribution in [0.2, 0.25) is 0 Å². The Bertz CT molecular complexity index is 317. The summed E-state index contributed by atoms with van der Waals surface area (Å²) < 4.78 is 1.09. The molecular weight excluding hydrogens is 272 g/mol. The Labute approximate surface area is 104 Å². The lowest BCUT2D eigenvalue weighted by Gasteiger charge is -2.19. The SMILES string of the molecule is CSCCN(C)c1cc(Br)cc(CN)c1. The van der Waals surface area contributed by atoms with Gasteiger partial charge < -0.3 is 10.6 Å². The van der Waals surface area contributed by atoms with Crippen LogP contribution in [0.15, 0.2) is 22.7 Å². The minimum absolute atomic E-state index is 0.586. The highest BCUT2D eigenvalue weighted by atomic mass is 79.9. The monoisotopic (exact) mass is 288 g/mol. The minimum Gasteiger partial charge on any atom is -0.374 e. The number of hydrogen-bond acceptors (Lipinski definition) is 3. The van der Waals surface area contributed by atoms with Crippen LogP contribution in [0.5, 0.6) is 0 Å². The molecule has 0 aliphatic rings. The summed E-state index contributed by atoms with van der Waals surface area (Å²) in [6, 6.07) is 6.33. The molecule has 0 aliphatic carbocycles. The zero-order chi connectivity index (χ0) is 11.3. The predicted molar refractivity (Wildman–Crippen MR) is 73.7 cm³/mol. The molecular formula is C11H17BrN2S. The molecule has 2 N–H and O–H groups in total. The first-order chi connectivity index (χ1) is 7.17. The van der Waals surface area contributed by atoms with Gasteiger partial charge in [-0.3, -0.25) is 0 Å². The molecule has 0 amide bonds. The van der Waals surface area contributed by atoms with E-state index in [2.05, 4.69) is 52.3 Å². The number of rotatable bonds is 5. The molecule has 0 bridgehead atoms. The molecule has 15 heavy (non-hydrogen) atoms. The van der Waals surface area contributed by atoms with Crippen molar-refractivity contribution in [1.29, 1.82) is 0 Å². The molecule has 84 valence electrons. The zero-order valence-corrected chi connectivity index (χ0v) is 11.6. The average Bonchev–Trinajstić information content (AvgIpc) is 2.24. The highest BCUT2D eigenvalue weighted by Gasteiger charge is 2.03. The van der Waals surface area contributed by atoms with Crippen molar-refractivity contribution in [3.8, 4) is 0 Å². The van der Waals surface area contributed by atoms with Gasteiger partial charge in [0.15, 0.2) is 0 Å². The van der Waals surface area contributed by atoms with Crippen molar-refractivity contribution in [3.63, 3.8) is 0 Å². The first kappa shape index (κ1) is 12.9. The summed E-state index contributed by atoms with van der Waals surface area (Å²) in [5, 5.41) is 0. The Hall–Kier alpha value is -0.190. The molecule has 0 spiro atoms. The van der Waals surface area contributed by atoms with Crippen molar-refractivity contribution in [2.24, 2.45) is 5.73 Å². The van der Waals surface area contributed by atoms with Gasteiger partial charge in [-0.15, -0.1) is 0 Å². The van der Waals surface area contributed by atoms with Crippen LogP contribution < -0.4 is 10.6 Å². The molecule has 0 saturated heterocycles. The smallest absolute Gasteiger partial charge is 0.0378 e. The third-order valence-electron chi connectivity index (χ3n) is 2.25. The molecule has 0 fully saturated rings. The second-order valence-electron chi connectivity index (χ2n) is 3.44. The van der Waals surface area contributed by atoms with Gasteiger partial charge in [-0.1, -0.05) is 15.9 Å². The topological polar surface area (TPSA) is 29.3 Å². The molecule has 1 aromatic carbocycles. The number of benzene rings is 1. The van der Waals surface area contributed by atoms with E-state index in [0.29, 0.717) is 6.54 Å². The lowest BCUT2D eigenvalue weighted by atomic mass is 10.2. The number of nitrogens with zero attached hydrogens (tertiary/aromatic N) is 1. The van der Waals surface area contributed by atoms with Gasteiger partial charge in [-0.05, 0) is 30.0 Å². The number of anilines is 1. The molecule has 0 radical (unpaired) electrons. The highest BCUT2D eigenvalue weighted by molar-refractivity contribution is 9.10. The van der Waals surface area contributed by atoms with E-state index in [9.17, 15) is 0 Å². The Morgan fingerprint density at radius 1 is 1.40 bits per heavy atom. The van der Waals surface area contributed by atoms with E-state index in [4.69, 9.17) is 5.73 Å². The largest absolute Gasteiger partial charge is 0.374 e. The van der Waals surface area contributed by atoms with Gasteiger partial charge in [0.05, 0.1) is 0 Å². The summed E-state index contributed by atoms with van der Waals surface area (Å²) in [6.45, 7) is 1.64. The van der Waals surface area contributed by atoms with Crippen molar-refractivity contribution in [3.05, 3.63) is 28.2 Å². The van der Waals surface area contributed by atoms with Gasteiger partial charge in [0.25, 0.3) is 0 Å². The molecule has 2 nitrogen and oxygen atoms in total. The summed E-state index contributed by atoms with van der Waals surface area (Å²) in [6.07, 6.45) is 2.13. The molecule has 0 atom stereocenters. The second-order valence-corrected chi connectivity index (χ2v) is 5.34. The Morgan fingerprint density at radius 3 is 2.73 bits per heavy atom. The fraction of sp³-hybridized carbons (Fsp3) is 0.455. The van der Waals surface area contributed by atoms with Gasteiger partial charge in [-0.2, -0.15) is 11.8 Å². The summed E-state index contributed by atoms with van der Waals surface area (Å²) in [5.74, 6) is 1.14. The molecule has 1 rings (SSSR count). The summed E-state index contributed by atoms with van der Waals surface area (Å²) in [5.41, 5.74) is 8.03. The van der Waals surface area contributed by atoms with E-state index in [1.165, 1.54) is 5.69 Å². The molecule has 0 aromatic heterocycles. The maximum atomic E-state index is 5.64. The van der Waals surface area contributed by atoms with Crippen molar-refractivity contribution >= 4 is 33.4 Å². The van der Waals surface area contributed by atoms with Crippen LogP contribution in [-0.4, -0.2) is 25.6 Å². The van der Waals surface area contributed by atoms with Crippen molar-refractivity contribution in [2.45, 2.75) is 6.54 Å². The predicted octanol–water partition coefficient (Wildman–Crippen LogP) is 2.71. The number of halogens is 1. The van der Waals surface area contributed by atoms with Crippen LogP contribution in [-0.2, 0) is 6.54 Å². The standard InChI is InChI=1S/C11H17BrN2S/c1-14(3-4-15-2)11-6-9(8-13)5-10(12)7-11/h5-7H,3-4,8,13H2,1-2H3. The lowest BCUT2D eigenvalue weighted by molar-refractivity contribution is 0.969. The van der Waals surface area contributed by atoms with E-state index in [1.54, 1.807) is 0 Å². The second kappa shape index (κ2) is 6.40. The van der Waals surface area contributed by atoms with Gasteiger partial charge in [-0.25, -0.2) is 0 Å². The quantitative estimate of drug-likeness (QED) is 0.903. The first-order valence-electron chi connectivity index (χ1n) is 4.87. The van der Waals surface area contributed by atoms with Crippen LogP contribution in [0.4, 0.5) is 5.69 Å². The molecule has 0 saturated carbocycles. The van der Waals surface area contributed by atoms with Crippen molar-refractivity contribution < 1.29 is 0 Å². The lowest BCUT2D eigenvalue weighted by Crippen LogP contribution is -2.20. The molecule has 1 aromatic rings. The molecule has 0 aliphatic heterocycles. The van der Waals surface area contributed by atoms with Crippen LogP contribution in [0.3, 0.4) is 0 Å². The van der Waals surface area contributed by atoms with E-state index in [-0.39, 0.29) is 0 Å². The van der Waals surface area contributed by atoms with Crippen LogP contribution >= 0.6 is 27.7 Å². The van der Waals surface area contributed by atoms with Gasteiger partial charge in [0.2, 0.25) is 0 Å². The number of nitrogens with two attached hydrogens (primary N) is 1.